The Kier molecular flexibility index (Phi) is 1.06. The SMILES string of the molecule is c1cc(C23C4[C@H]5C[C@@H]2C2C5[C@H]5C6CC([C@@H]45)[C@H]3[C@@H]62)ccn1. The quantitative estimate of drug-likeness (QED) is 0.757. The van der Waals surface area contributed by atoms with Crippen LogP contribution in [-0.4, -0.2) is 4.98 Å². The molecule has 0 saturated heterocycles. The van der Waals surface area contributed by atoms with E-state index < -0.39 is 0 Å². The van der Waals surface area contributed by atoms with Gasteiger partial charge in [0.25, 0.3) is 0 Å². The van der Waals surface area contributed by atoms with Crippen LogP contribution in [-0.2, 0) is 5.41 Å². The minimum absolute atomic E-state index is 0.648. The van der Waals surface area contributed by atoms with Crippen LogP contribution >= 0.6 is 0 Å². The lowest BCUT2D eigenvalue weighted by molar-refractivity contribution is 0.175. The summed E-state index contributed by atoms with van der Waals surface area (Å²) in [5.41, 5.74) is 2.37. The Bertz CT molecular complexity index is 670. The van der Waals surface area contributed by atoms with Crippen LogP contribution in [0.1, 0.15) is 18.4 Å². The van der Waals surface area contributed by atoms with Crippen molar-refractivity contribution in [3.8, 4) is 0 Å². The topological polar surface area (TPSA) is 12.9 Å². The molecule has 6 unspecified atom stereocenters. The number of aromatic nitrogens is 1. The lowest BCUT2D eigenvalue weighted by Crippen LogP contribution is -2.39. The molecule has 9 rings (SSSR count). The summed E-state index contributed by atoms with van der Waals surface area (Å²) < 4.78 is 0. The Hall–Kier alpha value is -0.850. The van der Waals surface area contributed by atoms with Crippen LogP contribution in [0, 0.1) is 65.1 Å². The summed E-state index contributed by atoms with van der Waals surface area (Å²) in [4.78, 5) is 4.32. The van der Waals surface area contributed by atoms with Crippen LogP contribution in [0.3, 0.4) is 0 Å². The largest absolute Gasteiger partial charge is 0.265 e. The second-order valence-electron chi connectivity index (χ2n) is 9.18. The van der Waals surface area contributed by atoms with Gasteiger partial charge in [0, 0.05) is 17.8 Å². The first-order chi connectivity index (χ1) is 9.94. The van der Waals surface area contributed by atoms with E-state index in [-0.39, 0.29) is 0 Å². The summed E-state index contributed by atoms with van der Waals surface area (Å²) in [6.45, 7) is 0. The highest BCUT2D eigenvalue weighted by molar-refractivity contribution is 5.48. The van der Waals surface area contributed by atoms with Gasteiger partial charge in [0.15, 0.2) is 0 Å². The molecule has 20 heavy (non-hydrogen) atoms. The van der Waals surface area contributed by atoms with Crippen molar-refractivity contribution in [3.63, 3.8) is 0 Å². The zero-order valence-electron chi connectivity index (χ0n) is 11.5. The second-order valence-corrected chi connectivity index (χ2v) is 9.18. The molecule has 8 fully saturated rings. The summed E-state index contributed by atoms with van der Waals surface area (Å²) >= 11 is 0. The van der Waals surface area contributed by atoms with Gasteiger partial charge in [-0.05, 0) is 95.6 Å². The summed E-state index contributed by atoms with van der Waals surface area (Å²) in [5.74, 6) is 12.7. The third-order valence-corrected chi connectivity index (χ3v) is 9.94. The highest BCUT2D eigenvalue weighted by atomic mass is 15.0. The molecule has 1 heterocycles. The van der Waals surface area contributed by atoms with Gasteiger partial charge in [0.2, 0.25) is 0 Å². The van der Waals surface area contributed by atoms with E-state index in [0.29, 0.717) is 5.41 Å². The first-order valence-electron chi connectivity index (χ1n) is 8.84. The van der Waals surface area contributed by atoms with E-state index in [1.165, 1.54) is 35.5 Å². The van der Waals surface area contributed by atoms with Crippen molar-refractivity contribution in [2.24, 2.45) is 65.1 Å². The second kappa shape index (κ2) is 2.30. The average Bonchev–Trinajstić information content (AvgIpc) is 3.20. The molecular weight excluding hydrogens is 242 g/mol. The summed E-state index contributed by atoms with van der Waals surface area (Å²) in [7, 11) is 0. The van der Waals surface area contributed by atoms with E-state index in [0.717, 1.165) is 29.6 Å². The third-order valence-electron chi connectivity index (χ3n) is 9.94. The molecule has 1 aromatic heterocycles. The summed E-state index contributed by atoms with van der Waals surface area (Å²) in [6.07, 6.45) is 7.40. The van der Waals surface area contributed by atoms with E-state index in [9.17, 15) is 0 Å². The standard InChI is InChI=1S/C19H19N/c1-3-20-4-2-7(1)19-11-6-10-13-12-8-5-9(15(12)18(10)19)17(19)14(8)16(11)13/h1-4,8-18H,5-6H2/t8?,9?,10-,11+,12+,13?,14-,15+,16?,17-,18?,19?/m0/s1. The van der Waals surface area contributed by atoms with Gasteiger partial charge in [-0.15, -0.1) is 0 Å². The van der Waals surface area contributed by atoms with Gasteiger partial charge in [-0.1, -0.05) is 0 Å². The van der Waals surface area contributed by atoms with Gasteiger partial charge in [0.05, 0.1) is 0 Å². The molecule has 4 bridgehead atoms. The van der Waals surface area contributed by atoms with Gasteiger partial charge in [0.1, 0.15) is 0 Å². The summed E-state index contributed by atoms with van der Waals surface area (Å²) in [6, 6.07) is 4.81. The lowest BCUT2D eigenvalue weighted by Gasteiger charge is -2.40. The number of hydrogen-bond acceptors (Lipinski definition) is 1. The molecule has 100 valence electrons. The van der Waals surface area contributed by atoms with Gasteiger partial charge in [-0.2, -0.15) is 0 Å². The molecule has 0 amide bonds. The Morgan fingerprint density at radius 3 is 2.35 bits per heavy atom. The first-order valence-corrected chi connectivity index (χ1v) is 8.84. The van der Waals surface area contributed by atoms with Crippen molar-refractivity contribution in [3.05, 3.63) is 30.1 Å². The van der Waals surface area contributed by atoms with Gasteiger partial charge in [-0.3, -0.25) is 4.98 Å². The Morgan fingerprint density at radius 1 is 0.800 bits per heavy atom. The molecule has 8 aliphatic rings. The van der Waals surface area contributed by atoms with Crippen LogP contribution in [0.25, 0.3) is 0 Å². The molecule has 0 N–H and O–H groups in total. The molecule has 12 atom stereocenters. The normalized spacial score (nSPS) is 74.3. The maximum absolute atomic E-state index is 4.32. The van der Waals surface area contributed by atoms with Crippen molar-refractivity contribution in [2.45, 2.75) is 18.3 Å². The van der Waals surface area contributed by atoms with E-state index in [1.807, 2.05) is 0 Å². The fraction of sp³-hybridized carbons (Fsp3) is 0.737. The predicted molar refractivity (Wildman–Crippen MR) is 73.5 cm³/mol. The van der Waals surface area contributed by atoms with Gasteiger partial charge >= 0.3 is 0 Å². The lowest BCUT2D eigenvalue weighted by atomic mass is 9.63. The molecule has 8 aliphatic carbocycles. The number of pyridine rings is 1. The van der Waals surface area contributed by atoms with Crippen LogP contribution in [0.4, 0.5) is 0 Å². The van der Waals surface area contributed by atoms with Gasteiger partial charge < -0.3 is 0 Å². The van der Waals surface area contributed by atoms with E-state index in [1.54, 1.807) is 18.4 Å². The highest BCUT2D eigenvalue weighted by Crippen LogP contribution is 2.96. The summed E-state index contributed by atoms with van der Waals surface area (Å²) in [5, 5.41) is 0. The minimum atomic E-state index is 0.648. The maximum atomic E-state index is 4.32. The molecule has 0 radical (unpaired) electrons. The van der Waals surface area contributed by atoms with Crippen LogP contribution in [0.5, 0.6) is 0 Å². The monoisotopic (exact) mass is 261 g/mol. The third kappa shape index (κ3) is 0.538. The van der Waals surface area contributed by atoms with Crippen molar-refractivity contribution in [1.29, 1.82) is 0 Å². The molecule has 1 heteroatoms. The van der Waals surface area contributed by atoms with Crippen molar-refractivity contribution in [2.75, 3.05) is 0 Å². The first kappa shape index (κ1) is 9.23. The molecule has 0 spiro atoms. The van der Waals surface area contributed by atoms with Crippen molar-refractivity contribution >= 4 is 0 Å². The zero-order chi connectivity index (χ0) is 12.4. The van der Waals surface area contributed by atoms with Crippen molar-refractivity contribution < 1.29 is 0 Å². The van der Waals surface area contributed by atoms with E-state index >= 15 is 0 Å². The van der Waals surface area contributed by atoms with E-state index in [2.05, 4.69) is 29.5 Å². The highest BCUT2D eigenvalue weighted by Gasteiger charge is 2.93. The van der Waals surface area contributed by atoms with Gasteiger partial charge in [-0.25, -0.2) is 0 Å². The predicted octanol–water partition coefficient (Wildman–Crippen LogP) is 2.97. The van der Waals surface area contributed by atoms with Crippen molar-refractivity contribution in [1.82, 2.24) is 4.98 Å². The Labute approximate surface area is 119 Å². The fourth-order valence-electron chi connectivity index (χ4n) is 10.8. The van der Waals surface area contributed by atoms with Crippen LogP contribution < -0.4 is 0 Å². The number of hydrogen-bond donors (Lipinski definition) is 0. The van der Waals surface area contributed by atoms with Crippen LogP contribution in [0.2, 0.25) is 0 Å². The maximum Gasteiger partial charge on any atom is 0.0270 e. The molecular formula is C19H19N. The fourth-order valence-corrected chi connectivity index (χ4v) is 10.8. The molecule has 0 aliphatic heterocycles. The minimum Gasteiger partial charge on any atom is -0.265 e. The molecule has 1 nitrogen and oxygen atoms in total. The number of nitrogens with zero attached hydrogens (tertiary/aromatic N) is 1. The Morgan fingerprint density at radius 2 is 1.50 bits per heavy atom. The smallest absolute Gasteiger partial charge is 0.0270 e. The van der Waals surface area contributed by atoms with E-state index in [4.69, 9.17) is 0 Å². The molecule has 0 aromatic carbocycles. The zero-order valence-corrected chi connectivity index (χ0v) is 11.5. The molecule has 8 saturated carbocycles. The Balaban J connectivity index is 1.55. The van der Waals surface area contributed by atoms with Crippen LogP contribution in [0.15, 0.2) is 24.5 Å². The molecule has 1 aromatic rings. The average molecular weight is 261 g/mol. The number of rotatable bonds is 1.